The number of nitrogens with zero attached hydrogens (tertiary/aromatic N) is 1. The maximum Gasteiger partial charge on any atom is 0.0482 e. The van der Waals surface area contributed by atoms with Crippen LogP contribution >= 0.6 is 0 Å². The van der Waals surface area contributed by atoms with Crippen LogP contribution in [0.4, 0.5) is 0 Å². The van der Waals surface area contributed by atoms with Gasteiger partial charge in [-0.15, -0.1) is 0 Å². The molecule has 0 aliphatic rings. The van der Waals surface area contributed by atoms with Gasteiger partial charge >= 0.3 is 0 Å². The molecule has 2 rings (SSSR count). The molecule has 0 bridgehead atoms. The second-order valence-electron chi connectivity index (χ2n) is 4.25. The van der Waals surface area contributed by atoms with E-state index in [2.05, 4.69) is 48.9 Å². The van der Waals surface area contributed by atoms with Crippen LogP contribution in [0.3, 0.4) is 0 Å². The molecule has 1 aromatic carbocycles. The van der Waals surface area contributed by atoms with Crippen molar-refractivity contribution in [2.45, 2.75) is 26.3 Å². The van der Waals surface area contributed by atoms with E-state index in [9.17, 15) is 0 Å². The molecule has 80 valence electrons. The molecule has 2 heteroatoms. The van der Waals surface area contributed by atoms with E-state index in [4.69, 9.17) is 5.73 Å². The Labute approximate surface area is 90.7 Å². The fourth-order valence-corrected chi connectivity index (χ4v) is 1.99. The summed E-state index contributed by atoms with van der Waals surface area (Å²) in [5.41, 5.74) is 8.19. The minimum Gasteiger partial charge on any atom is -0.345 e. The van der Waals surface area contributed by atoms with Crippen molar-refractivity contribution in [2.75, 3.05) is 6.54 Å². The lowest BCUT2D eigenvalue weighted by atomic mass is 10.1. The Morgan fingerprint density at radius 1 is 1.27 bits per heavy atom. The van der Waals surface area contributed by atoms with Crippen molar-refractivity contribution in [1.29, 1.82) is 0 Å². The molecule has 0 aliphatic carbocycles. The maximum absolute atomic E-state index is 5.55. The van der Waals surface area contributed by atoms with Gasteiger partial charge in [0, 0.05) is 17.8 Å². The van der Waals surface area contributed by atoms with Gasteiger partial charge in [-0.2, -0.15) is 0 Å². The summed E-state index contributed by atoms with van der Waals surface area (Å²) in [5, 5.41) is 1.31. The maximum atomic E-state index is 5.55. The highest BCUT2D eigenvalue weighted by molar-refractivity contribution is 5.81. The van der Waals surface area contributed by atoms with E-state index in [1.807, 2.05) is 0 Å². The molecular formula is C13H18N2. The number of aromatic nitrogens is 1. The van der Waals surface area contributed by atoms with Crippen molar-refractivity contribution in [3.63, 3.8) is 0 Å². The Morgan fingerprint density at radius 2 is 2.07 bits per heavy atom. The highest BCUT2D eigenvalue weighted by atomic mass is 15.0. The Bertz CT molecular complexity index is 455. The molecule has 15 heavy (non-hydrogen) atoms. The predicted octanol–water partition coefficient (Wildman–Crippen LogP) is 2.72. The van der Waals surface area contributed by atoms with Gasteiger partial charge in [-0.1, -0.05) is 6.07 Å². The van der Waals surface area contributed by atoms with Gasteiger partial charge in [0.2, 0.25) is 0 Å². The van der Waals surface area contributed by atoms with Gasteiger partial charge in [0.05, 0.1) is 0 Å². The molecule has 2 aromatic rings. The van der Waals surface area contributed by atoms with Crippen LogP contribution in [0.1, 0.15) is 25.5 Å². The zero-order valence-electron chi connectivity index (χ0n) is 9.40. The van der Waals surface area contributed by atoms with E-state index in [1.165, 1.54) is 16.5 Å². The number of benzene rings is 1. The average molecular weight is 202 g/mol. The predicted molar refractivity (Wildman–Crippen MR) is 65.1 cm³/mol. The summed E-state index contributed by atoms with van der Waals surface area (Å²) >= 11 is 0. The van der Waals surface area contributed by atoms with E-state index in [-0.39, 0.29) is 0 Å². The highest BCUT2D eigenvalue weighted by Crippen LogP contribution is 2.21. The molecule has 0 amide bonds. The fourth-order valence-electron chi connectivity index (χ4n) is 1.99. The summed E-state index contributed by atoms with van der Waals surface area (Å²) in [6.45, 7) is 5.12. The number of nitrogens with two attached hydrogens (primary N) is 1. The molecule has 0 unspecified atom stereocenters. The smallest absolute Gasteiger partial charge is 0.0482 e. The summed E-state index contributed by atoms with van der Waals surface area (Å²) in [4.78, 5) is 0. The van der Waals surface area contributed by atoms with E-state index < -0.39 is 0 Å². The molecule has 2 nitrogen and oxygen atoms in total. The minimum atomic E-state index is 0.517. The first-order chi connectivity index (χ1) is 7.22. The molecule has 2 N–H and O–H groups in total. The summed E-state index contributed by atoms with van der Waals surface area (Å²) in [5.74, 6) is 0. The van der Waals surface area contributed by atoms with Crippen LogP contribution in [0.2, 0.25) is 0 Å². The Morgan fingerprint density at radius 3 is 2.73 bits per heavy atom. The van der Waals surface area contributed by atoms with E-state index in [0.717, 1.165) is 13.0 Å². The Hall–Kier alpha value is -1.28. The second kappa shape index (κ2) is 4.07. The summed E-state index contributed by atoms with van der Waals surface area (Å²) in [6, 6.07) is 9.30. The van der Waals surface area contributed by atoms with Gasteiger partial charge in [0.25, 0.3) is 0 Å². The van der Waals surface area contributed by atoms with Gasteiger partial charge in [-0.3, -0.25) is 0 Å². The highest BCUT2D eigenvalue weighted by Gasteiger charge is 2.04. The summed E-state index contributed by atoms with van der Waals surface area (Å²) in [7, 11) is 0. The lowest BCUT2D eigenvalue weighted by Gasteiger charge is -2.09. The van der Waals surface area contributed by atoms with Gasteiger partial charge in [0.1, 0.15) is 0 Å². The largest absolute Gasteiger partial charge is 0.345 e. The van der Waals surface area contributed by atoms with Crippen LogP contribution in [0.15, 0.2) is 30.5 Å². The normalized spacial score (nSPS) is 11.5. The molecule has 0 saturated carbocycles. The third-order valence-corrected chi connectivity index (χ3v) is 2.77. The van der Waals surface area contributed by atoms with Crippen molar-refractivity contribution in [3.05, 3.63) is 36.0 Å². The van der Waals surface area contributed by atoms with Crippen LogP contribution in [-0.2, 0) is 6.42 Å². The van der Waals surface area contributed by atoms with Crippen LogP contribution in [-0.4, -0.2) is 11.1 Å². The first kappa shape index (κ1) is 10.2. The van der Waals surface area contributed by atoms with Crippen LogP contribution in [0, 0.1) is 0 Å². The minimum absolute atomic E-state index is 0.517. The molecule has 0 spiro atoms. The average Bonchev–Trinajstić information content (AvgIpc) is 2.61. The third kappa shape index (κ3) is 1.90. The van der Waals surface area contributed by atoms with Crippen LogP contribution < -0.4 is 5.73 Å². The Kier molecular flexibility index (Phi) is 2.78. The number of rotatable bonds is 3. The van der Waals surface area contributed by atoms with Crippen molar-refractivity contribution in [3.8, 4) is 0 Å². The van der Waals surface area contributed by atoms with E-state index >= 15 is 0 Å². The topological polar surface area (TPSA) is 30.9 Å². The zero-order valence-corrected chi connectivity index (χ0v) is 9.40. The lowest BCUT2D eigenvalue weighted by Crippen LogP contribution is -2.02. The number of fused-ring (bicyclic) bond motifs is 1. The van der Waals surface area contributed by atoms with Gasteiger partial charge < -0.3 is 10.3 Å². The van der Waals surface area contributed by atoms with Crippen molar-refractivity contribution in [2.24, 2.45) is 5.73 Å². The third-order valence-electron chi connectivity index (χ3n) is 2.77. The molecule has 0 saturated heterocycles. The quantitative estimate of drug-likeness (QED) is 0.815. The SMILES string of the molecule is CC(C)n1ccc2cc(CCN)ccc21. The molecule has 0 radical (unpaired) electrons. The van der Waals surface area contributed by atoms with Gasteiger partial charge in [-0.25, -0.2) is 0 Å². The fraction of sp³-hybridized carbons (Fsp3) is 0.385. The molecule has 0 atom stereocenters. The summed E-state index contributed by atoms with van der Waals surface area (Å²) in [6.07, 6.45) is 3.12. The molecule has 1 heterocycles. The van der Waals surface area contributed by atoms with E-state index in [1.54, 1.807) is 0 Å². The first-order valence-electron chi connectivity index (χ1n) is 5.52. The molecule has 0 aliphatic heterocycles. The van der Waals surface area contributed by atoms with E-state index in [0.29, 0.717) is 6.04 Å². The van der Waals surface area contributed by atoms with Crippen LogP contribution in [0.25, 0.3) is 10.9 Å². The summed E-state index contributed by atoms with van der Waals surface area (Å²) < 4.78 is 2.29. The second-order valence-corrected chi connectivity index (χ2v) is 4.25. The molecule has 0 fully saturated rings. The zero-order chi connectivity index (χ0) is 10.8. The van der Waals surface area contributed by atoms with Crippen molar-refractivity contribution >= 4 is 10.9 Å². The standard InChI is InChI=1S/C13H18N2/c1-10(2)15-8-6-12-9-11(5-7-14)3-4-13(12)15/h3-4,6,8-10H,5,7,14H2,1-2H3. The monoisotopic (exact) mass is 202 g/mol. The molecular weight excluding hydrogens is 184 g/mol. The molecule has 1 aromatic heterocycles. The number of hydrogen-bond acceptors (Lipinski definition) is 1. The lowest BCUT2D eigenvalue weighted by molar-refractivity contribution is 0.623. The van der Waals surface area contributed by atoms with Crippen molar-refractivity contribution < 1.29 is 0 Å². The first-order valence-corrected chi connectivity index (χ1v) is 5.52. The Balaban J connectivity index is 2.47. The van der Waals surface area contributed by atoms with Crippen LogP contribution in [0.5, 0.6) is 0 Å². The van der Waals surface area contributed by atoms with Gasteiger partial charge in [0.15, 0.2) is 0 Å². The number of hydrogen-bond donors (Lipinski definition) is 1. The van der Waals surface area contributed by atoms with Crippen molar-refractivity contribution in [1.82, 2.24) is 4.57 Å². The van der Waals surface area contributed by atoms with Gasteiger partial charge in [-0.05, 0) is 56.0 Å².